The molecule has 2 aliphatic rings. The lowest BCUT2D eigenvalue weighted by atomic mass is 10.0. The number of nitrogens with zero attached hydrogens (tertiary/aromatic N) is 2. The first-order valence-electron chi connectivity index (χ1n) is 8.87. The number of benzene rings is 1. The lowest BCUT2D eigenvalue weighted by Crippen LogP contribution is -2.53. The summed E-state index contributed by atoms with van der Waals surface area (Å²) in [5.41, 5.74) is 0.552. The van der Waals surface area contributed by atoms with Gasteiger partial charge in [-0.3, -0.25) is 9.59 Å². The molecule has 1 aromatic rings. The van der Waals surface area contributed by atoms with Gasteiger partial charge in [0.15, 0.2) is 0 Å². The Hall–Kier alpha value is -1.88. The highest BCUT2D eigenvalue weighted by Crippen LogP contribution is 2.25. The number of carbonyl (C=O) groups excluding carboxylic acids is 2. The van der Waals surface area contributed by atoms with Gasteiger partial charge in [0.1, 0.15) is 5.92 Å². The van der Waals surface area contributed by atoms with Crippen LogP contribution in [0, 0.1) is 5.92 Å². The van der Waals surface area contributed by atoms with Crippen molar-refractivity contribution in [2.45, 2.75) is 38.6 Å². The fourth-order valence-corrected chi connectivity index (χ4v) is 3.75. The summed E-state index contributed by atoms with van der Waals surface area (Å²) in [7, 11) is 0. The molecule has 5 nitrogen and oxygen atoms in total. The Bertz CT molecular complexity index is 594. The van der Waals surface area contributed by atoms with Crippen LogP contribution in [0.3, 0.4) is 0 Å². The predicted molar refractivity (Wildman–Crippen MR) is 94.8 cm³/mol. The number of likely N-dealkylation sites (tertiary alicyclic amines) is 1. The van der Waals surface area contributed by atoms with Crippen LogP contribution in [-0.4, -0.2) is 48.4 Å². The molecule has 5 heteroatoms. The van der Waals surface area contributed by atoms with Crippen LogP contribution in [0.1, 0.15) is 33.1 Å². The topological polar surface area (TPSA) is 52.7 Å². The number of hydrogen-bond donors (Lipinski definition) is 1. The summed E-state index contributed by atoms with van der Waals surface area (Å²) < 4.78 is 0. The van der Waals surface area contributed by atoms with Crippen molar-refractivity contribution in [1.82, 2.24) is 10.2 Å². The van der Waals surface area contributed by atoms with Crippen LogP contribution in [0.5, 0.6) is 0 Å². The van der Waals surface area contributed by atoms with Gasteiger partial charge in [-0.05, 0) is 58.3 Å². The standard InChI is InChI=1S/C19H27N3O2/c1-19(2,14-21-11-6-7-12-21)20-17(23)16-10-13-22(18(16)24)15-8-4-3-5-9-15/h3-5,8-9,16H,6-7,10-14H2,1-2H3,(H,20,23). The summed E-state index contributed by atoms with van der Waals surface area (Å²) in [6.45, 7) is 7.72. The largest absolute Gasteiger partial charge is 0.349 e. The first kappa shape index (κ1) is 17.0. The lowest BCUT2D eigenvalue weighted by molar-refractivity contribution is -0.133. The zero-order chi connectivity index (χ0) is 17.2. The van der Waals surface area contributed by atoms with Crippen molar-refractivity contribution in [3.8, 4) is 0 Å². The van der Waals surface area contributed by atoms with Crippen molar-refractivity contribution >= 4 is 17.5 Å². The molecular weight excluding hydrogens is 302 g/mol. The van der Waals surface area contributed by atoms with Gasteiger partial charge in [-0.15, -0.1) is 0 Å². The minimum Gasteiger partial charge on any atom is -0.349 e. The van der Waals surface area contributed by atoms with E-state index in [1.54, 1.807) is 4.90 Å². The Balaban J connectivity index is 1.60. The first-order chi connectivity index (χ1) is 11.5. The van der Waals surface area contributed by atoms with E-state index in [-0.39, 0.29) is 17.4 Å². The van der Waals surface area contributed by atoms with Gasteiger partial charge >= 0.3 is 0 Å². The van der Waals surface area contributed by atoms with Gasteiger partial charge in [0.05, 0.1) is 0 Å². The van der Waals surface area contributed by atoms with Crippen molar-refractivity contribution < 1.29 is 9.59 Å². The zero-order valence-corrected chi connectivity index (χ0v) is 14.6. The third-order valence-electron chi connectivity index (χ3n) is 4.87. The third kappa shape index (κ3) is 3.78. The smallest absolute Gasteiger partial charge is 0.239 e. The second-order valence-electron chi connectivity index (χ2n) is 7.52. The number of anilines is 1. The molecular formula is C19H27N3O2. The molecule has 1 aromatic carbocycles. The van der Waals surface area contributed by atoms with Crippen molar-refractivity contribution in [2.75, 3.05) is 31.1 Å². The molecule has 2 aliphatic heterocycles. The van der Waals surface area contributed by atoms with Crippen LogP contribution in [0.25, 0.3) is 0 Å². The van der Waals surface area contributed by atoms with Crippen molar-refractivity contribution in [3.63, 3.8) is 0 Å². The second kappa shape index (κ2) is 6.93. The monoisotopic (exact) mass is 329 g/mol. The van der Waals surface area contributed by atoms with Crippen molar-refractivity contribution in [1.29, 1.82) is 0 Å². The molecule has 2 heterocycles. The van der Waals surface area contributed by atoms with E-state index in [1.807, 2.05) is 44.2 Å². The van der Waals surface area contributed by atoms with E-state index in [1.165, 1.54) is 12.8 Å². The molecule has 0 aliphatic carbocycles. The minimum absolute atomic E-state index is 0.0873. The number of carbonyl (C=O) groups is 2. The molecule has 0 aromatic heterocycles. The fraction of sp³-hybridized carbons (Fsp3) is 0.579. The molecule has 2 amide bonds. The molecule has 2 fully saturated rings. The van der Waals surface area contributed by atoms with Crippen LogP contribution >= 0.6 is 0 Å². The fourth-order valence-electron chi connectivity index (χ4n) is 3.75. The van der Waals surface area contributed by atoms with Crippen molar-refractivity contribution in [3.05, 3.63) is 30.3 Å². The molecule has 24 heavy (non-hydrogen) atoms. The summed E-state index contributed by atoms with van der Waals surface area (Å²) >= 11 is 0. The molecule has 0 bridgehead atoms. The molecule has 1 unspecified atom stereocenters. The maximum Gasteiger partial charge on any atom is 0.239 e. The van der Waals surface area contributed by atoms with Gasteiger partial charge in [0.2, 0.25) is 11.8 Å². The van der Waals surface area contributed by atoms with E-state index >= 15 is 0 Å². The molecule has 1 N–H and O–H groups in total. The normalized spacial score (nSPS) is 22.2. The van der Waals surface area contributed by atoms with Crippen LogP contribution in [0.4, 0.5) is 5.69 Å². The SMILES string of the molecule is CC(C)(CN1CCCC1)NC(=O)C1CCN(c2ccccc2)C1=O. The average Bonchev–Trinajstić information content (AvgIpc) is 3.16. The Labute approximate surface area is 144 Å². The summed E-state index contributed by atoms with van der Waals surface area (Å²) in [4.78, 5) is 29.4. The van der Waals surface area contributed by atoms with Gasteiger partial charge in [-0.25, -0.2) is 0 Å². The van der Waals surface area contributed by atoms with E-state index in [9.17, 15) is 9.59 Å². The number of amides is 2. The van der Waals surface area contributed by atoms with Gasteiger partial charge in [-0.1, -0.05) is 18.2 Å². The van der Waals surface area contributed by atoms with E-state index < -0.39 is 5.92 Å². The predicted octanol–water partition coefficient (Wildman–Crippen LogP) is 2.03. The maximum atomic E-state index is 12.6. The summed E-state index contributed by atoms with van der Waals surface area (Å²) in [6.07, 6.45) is 3.05. The molecule has 1 atom stereocenters. The molecule has 3 rings (SSSR count). The highest BCUT2D eigenvalue weighted by atomic mass is 16.2. The van der Waals surface area contributed by atoms with Gasteiger partial charge in [0, 0.05) is 24.3 Å². The lowest BCUT2D eigenvalue weighted by Gasteiger charge is -2.32. The first-order valence-corrected chi connectivity index (χ1v) is 8.87. The summed E-state index contributed by atoms with van der Waals surface area (Å²) in [5.74, 6) is -0.790. The third-order valence-corrected chi connectivity index (χ3v) is 4.87. The average molecular weight is 329 g/mol. The Morgan fingerprint density at radius 3 is 2.50 bits per heavy atom. The summed E-state index contributed by atoms with van der Waals surface area (Å²) in [6, 6.07) is 9.57. The number of para-hydroxylation sites is 1. The number of rotatable bonds is 5. The number of hydrogen-bond acceptors (Lipinski definition) is 3. The van der Waals surface area contributed by atoms with Crippen LogP contribution in [-0.2, 0) is 9.59 Å². The van der Waals surface area contributed by atoms with E-state index in [0.717, 1.165) is 25.3 Å². The molecule has 130 valence electrons. The summed E-state index contributed by atoms with van der Waals surface area (Å²) in [5, 5.41) is 3.10. The van der Waals surface area contributed by atoms with Crippen molar-refractivity contribution in [2.24, 2.45) is 5.92 Å². The molecule has 0 saturated carbocycles. The Kier molecular flexibility index (Phi) is 4.90. The van der Waals surface area contributed by atoms with E-state index in [4.69, 9.17) is 0 Å². The van der Waals surface area contributed by atoms with Gasteiger partial charge < -0.3 is 15.1 Å². The van der Waals surface area contributed by atoms with E-state index in [2.05, 4.69) is 10.2 Å². The van der Waals surface area contributed by atoms with Crippen LogP contribution in [0.2, 0.25) is 0 Å². The zero-order valence-electron chi connectivity index (χ0n) is 14.6. The minimum atomic E-state index is -0.567. The van der Waals surface area contributed by atoms with Gasteiger partial charge in [0.25, 0.3) is 0 Å². The van der Waals surface area contributed by atoms with E-state index in [0.29, 0.717) is 13.0 Å². The molecule has 2 saturated heterocycles. The Morgan fingerprint density at radius 1 is 1.17 bits per heavy atom. The van der Waals surface area contributed by atoms with Crippen LogP contribution < -0.4 is 10.2 Å². The second-order valence-corrected chi connectivity index (χ2v) is 7.52. The molecule has 0 spiro atoms. The quantitative estimate of drug-likeness (QED) is 0.841. The highest BCUT2D eigenvalue weighted by molar-refractivity contribution is 6.09. The Morgan fingerprint density at radius 2 is 1.83 bits per heavy atom. The molecule has 0 radical (unpaired) electrons. The van der Waals surface area contributed by atoms with Crippen LogP contribution in [0.15, 0.2) is 30.3 Å². The van der Waals surface area contributed by atoms with Gasteiger partial charge in [-0.2, -0.15) is 0 Å². The maximum absolute atomic E-state index is 12.6. The number of nitrogens with one attached hydrogen (secondary N) is 1. The highest BCUT2D eigenvalue weighted by Gasteiger charge is 2.39.